The molecule has 0 fully saturated rings. The van der Waals surface area contributed by atoms with E-state index < -0.39 is 0 Å². The second kappa shape index (κ2) is 7.19. The molecule has 1 N–H and O–H groups in total. The Morgan fingerprint density at radius 3 is 2.72 bits per heavy atom. The van der Waals surface area contributed by atoms with Crippen LogP contribution in [-0.2, 0) is 11.2 Å². The number of amides is 1. The second-order valence-corrected chi connectivity index (χ2v) is 7.31. The average Bonchev–Trinajstić information content (AvgIpc) is 3.09. The van der Waals surface area contributed by atoms with Crippen molar-refractivity contribution in [3.05, 3.63) is 72.3 Å². The number of nitrogens with one attached hydrogen (secondary N) is 1. The molecule has 25 heavy (non-hydrogen) atoms. The maximum Gasteiger partial charge on any atom is 0.233 e. The van der Waals surface area contributed by atoms with Gasteiger partial charge in [-0.3, -0.25) is 4.79 Å². The number of hydrogen-bond donors (Lipinski definition) is 1. The molecular formula is C21H19NO2S. The number of carbonyl (C=O) groups excluding carboxylic acids is 1. The Labute approximate surface area is 151 Å². The van der Waals surface area contributed by atoms with Gasteiger partial charge in [-0.2, -0.15) is 0 Å². The van der Waals surface area contributed by atoms with Crippen LogP contribution in [0.1, 0.15) is 5.56 Å². The number of hydrogen-bond acceptors (Lipinski definition) is 3. The van der Waals surface area contributed by atoms with Crippen LogP contribution < -0.4 is 10.1 Å². The van der Waals surface area contributed by atoms with Crippen LogP contribution >= 0.6 is 11.8 Å². The van der Waals surface area contributed by atoms with Crippen LogP contribution in [0.3, 0.4) is 0 Å². The lowest BCUT2D eigenvalue weighted by Crippen LogP contribution is -2.35. The topological polar surface area (TPSA) is 38.3 Å². The van der Waals surface area contributed by atoms with Crippen molar-refractivity contribution in [2.24, 2.45) is 0 Å². The minimum absolute atomic E-state index is 0.0296. The monoisotopic (exact) mass is 349 g/mol. The number of thioether (sulfide) groups is 1. The Morgan fingerprint density at radius 1 is 1.04 bits per heavy atom. The lowest BCUT2D eigenvalue weighted by molar-refractivity contribution is -0.120. The van der Waals surface area contributed by atoms with Gasteiger partial charge in [0.15, 0.2) is 0 Å². The zero-order valence-corrected chi connectivity index (χ0v) is 14.6. The molecule has 4 rings (SSSR count). The summed E-state index contributed by atoms with van der Waals surface area (Å²) in [4.78, 5) is 13.5. The molecule has 3 aromatic rings. The standard InChI is InChI=1S/C21H19NO2S/c23-21(20-14-17-7-3-4-8-19(17)25-20)22-11-12-24-18-10-9-15-5-1-2-6-16(15)13-18/h1-10,13,20H,11-12,14H2,(H,22,23)/t20-/m0/s1. The molecule has 0 saturated heterocycles. The third kappa shape index (κ3) is 3.64. The number of carbonyl (C=O) groups is 1. The Bertz CT molecular complexity index is 884. The Balaban J connectivity index is 1.26. The number of benzene rings is 3. The van der Waals surface area contributed by atoms with Gasteiger partial charge in [0.2, 0.25) is 5.91 Å². The number of fused-ring (bicyclic) bond motifs is 2. The van der Waals surface area contributed by atoms with E-state index in [4.69, 9.17) is 4.74 Å². The molecule has 0 aromatic heterocycles. The van der Waals surface area contributed by atoms with E-state index in [-0.39, 0.29) is 11.2 Å². The normalized spacial score (nSPS) is 15.8. The fourth-order valence-corrected chi connectivity index (χ4v) is 4.26. The first kappa shape index (κ1) is 16.0. The SMILES string of the molecule is O=C(NCCOc1ccc2ccccc2c1)[C@@H]1Cc2ccccc2S1. The molecule has 1 atom stereocenters. The predicted molar refractivity (Wildman–Crippen MR) is 102 cm³/mol. The molecular weight excluding hydrogens is 330 g/mol. The van der Waals surface area contributed by atoms with E-state index in [1.165, 1.54) is 15.8 Å². The summed E-state index contributed by atoms with van der Waals surface area (Å²) in [5.74, 6) is 0.916. The maximum atomic E-state index is 12.3. The van der Waals surface area contributed by atoms with Crippen molar-refractivity contribution in [1.29, 1.82) is 0 Å². The summed E-state index contributed by atoms with van der Waals surface area (Å²) in [7, 11) is 0. The molecule has 0 aliphatic carbocycles. The van der Waals surface area contributed by atoms with Crippen LogP contribution in [0.25, 0.3) is 10.8 Å². The largest absolute Gasteiger partial charge is 0.492 e. The van der Waals surface area contributed by atoms with Crippen LogP contribution in [-0.4, -0.2) is 24.3 Å². The molecule has 0 saturated carbocycles. The zero-order valence-electron chi connectivity index (χ0n) is 13.8. The first-order valence-corrected chi connectivity index (χ1v) is 9.31. The molecule has 3 aromatic carbocycles. The molecule has 4 heteroatoms. The molecule has 0 spiro atoms. The highest BCUT2D eigenvalue weighted by atomic mass is 32.2. The van der Waals surface area contributed by atoms with Crippen molar-refractivity contribution in [3.8, 4) is 5.75 Å². The minimum atomic E-state index is -0.0296. The molecule has 3 nitrogen and oxygen atoms in total. The molecule has 1 aliphatic heterocycles. The van der Waals surface area contributed by atoms with Crippen molar-refractivity contribution in [2.45, 2.75) is 16.6 Å². The lowest BCUT2D eigenvalue weighted by Gasteiger charge is -2.11. The van der Waals surface area contributed by atoms with E-state index in [9.17, 15) is 4.79 Å². The molecule has 1 heterocycles. The summed E-state index contributed by atoms with van der Waals surface area (Å²) in [6.07, 6.45) is 0.804. The summed E-state index contributed by atoms with van der Waals surface area (Å²) in [6.45, 7) is 0.980. The van der Waals surface area contributed by atoms with E-state index in [1.54, 1.807) is 11.8 Å². The van der Waals surface area contributed by atoms with Crippen LogP contribution in [0.5, 0.6) is 5.75 Å². The molecule has 0 bridgehead atoms. The summed E-state index contributed by atoms with van der Waals surface area (Å²) < 4.78 is 5.77. The summed E-state index contributed by atoms with van der Waals surface area (Å²) in [6, 6.07) is 22.5. The number of ether oxygens (including phenoxy) is 1. The second-order valence-electron chi connectivity index (χ2n) is 6.07. The molecule has 0 radical (unpaired) electrons. The summed E-state index contributed by atoms with van der Waals surface area (Å²) in [5, 5.41) is 5.30. The Hall–Kier alpha value is -2.46. The van der Waals surface area contributed by atoms with Gasteiger partial charge in [-0.25, -0.2) is 0 Å². The third-order valence-electron chi connectivity index (χ3n) is 4.33. The van der Waals surface area contributed by atoms with Gasteiger partial charge in [-0.1, -0.05) is 48.5 Å². The van der Waals surface area contributed by atoms with Crippen molar-refractivity contribution in [3.63, 3.8) is 0 Å². The Morgan fingerprint density at radius 2 is 1.84 bits per heavy atom. The van der Waals surface area contributed by atoms with Gasteiger partial charge >= 0.3 is 0 Å². The third-order valence-corrected chi connectivity index (χ3v) is 5.65. The van der Waals surface area contributed by atoms with Gasteiger partial charge in [-0.15, -0.1) is 11.8 Å². The zero-order chi connectivity index (χ0) is 17.1. The highest BCUT2D eigenvalue weighted by Gasteiger charge is 2.27. The highest BCUT2D eigenvalue weighted by Crippen LogP contribution is 2.36. The van der Waals surface area contributed by atoms with Crippen LogP contribution in [0.4, 0.5) is 0 Å². The van der Waals surface area contributed by atoms with Crippen LogP contribution in [0, 0.1) is 0 Å². The lowest BCUT2D eigenvalue weighted by atomic mass is 10.1. The average molecular weight is 349 g/mol. The molecule has 1 aliphatic rings. The quantitative estimate of drug-likeness (QED) is 0.706. The molecule has 1 amide bonds. The fourth-order valence-electron chi connectivity index (χ4n) is 3.04. The van der Waals surface area contributed by atoms with Gasteiger partial charge < -0.3 is 10.1 Å². The predicted octanol–water partition coefficient (Wildman–Crippen LogP) is 4.05. The first-order valence-electron chi connectivity index (χ1n) is 8.43. The van der Waals surface area contributed by atoms with Gasteiger partial charge in [0.05, 0.1) is 11.8 Å². The van der Waals surface area contributed by atoms with Gasteiger partial charge in [0, 0.05) is 4.90 Å². The van der Waals surface area contributed by atoms with Crippen molar-refractivity contribution < 1.29 is 9.53 Å². The van der Waals surface area contributed by atoms with E-state index in [2.05, 4.69) is 35.6 Å². The van der Waals surface area contributed by atoms with Crippen LogP contribution in [0.15, 0.2) is 71.6 Å². The van der Waals surface area contributed by atoms with Gasteiger partial charge in [0.1, 0.15) is 12.4 Å². The first-order chi connectivity index (χ1) is 12.3. The Kier molecular flexibility index (Phi) is 4.61. The molecule has 0 unspecified atom stereocenters. The van der Waals surface area contributed by atoms with E-state index in [0.717, 1.165) is 17.6 Å². The van der Waals surface area contributed by atoms with Gasteiger partial charge in [-0.05, 0) is 41.0 Å². The maximum absolute atomic E-state index is 12.3. The van der Waals surface area contributed by atoms with Gasteiger partial charge in [0.25, 0.3) is 0 Å². The fraction of sp³-hybridized carbons (Fsp3) is 0.190. The van der Waals surface area contributed by atoms with E-state index >= 15 is 0 Å². The minimum Gasteiger partial charge on any atom is -0.492 e. The van der Waals surface area contributed by atoms with Crippen molar-refractivity contribution in [1.82, 2.24) is 5.32 Å². The number of rotatable bonds is 5. The summed E-state index contributed by atoms with van der Waals surface area (Å²) >= 11 is 1.65. The van der Waals surface area contributed by atoms with Crippen molar-refractivity contribution >= 4 is 28.4 Å². The van der Waals surface area contributed by atoms with E-state index in [0.29, 0.717) is 13.2 Å². The molecule has 126 valence electrons. The van der Waals surface area contributed by atoms with Crippen LogP contribution in [0.2, 0.25) is 0 Å². The van der Waals surface area contributed by atoms with Crippen molar-refractivity contribution in [2.75, 3.05) is 13.2 Å². The van der Waals surface area contributed by atoms with E-state index in [1.807, 2.05) is 36.4 Å². The highest BCUT2D eigenvalue weighted by molar-refractivity contribution is 8.01. The smallest absolute Gasteiger partial charge is 0.233 e. The summed E-state index contributed by atoms with van der Waals surface area (Å²) in [5.41, 5.74) is 1.26.